The minimum absolute atomic E-state index is 0.0252. The summed E-state index contributed by atoms with van der Waals surface area (Å²) >= 11 is 0. The number of aromatic nitrogens is 2. The van der Waals surface area contributed by atoms with E-state index in [1.807, 2.05) is 31.7 Å². The minimum Gasteiger partial charge on any atom is -0.632 e. The van der Waals surface area contributed by atoms with Crippen molar-refractivity contribution in [1.82, 2.24) is 9.13 Å². The molecule has 1 fully saturated rings. The smallest absolute Gasteiger partial charge is 0.332 e. The van der Waals surface area contributed by atoms with Crippen molar-refractivity contribution in [3.05, 3.63) is 67.5 Å². The number of nitrogens with one attached hydrogen (secondary N) is 1. The number of quaternary nitrogens is 1. The topological polar surface area (TPSA) is 108 Å². The average Bonchev–Trinajstić information content (AvgIpc) is 2.77. The number of piperidine rings is 1. The van der Waals surface area contributed by atoms with Crippen LogP contribution in [0, 0.1) is 16.5 Å². The van der Waals surface area contributed by atoms with Gasteiger partial charge in [-0.05, 0) is 38.8 Å². The molecule has 0 spiro atoms. The van der Waals surface area contributed by atoms with Crippen molar-refractivity contribution in [2.24, 2.45) is 7.05 Å². The summed E-state index contributed by atoms with van der Waals surface area (Å²) in [6.07, 6.45) is 1.51. The molecule has 9 nitrogen and oxygen atoms in total. The maximum absolute atomic E-state index is 13.0. The third-order valence-electron chi connectivity index (χ3n) is 5.69. The fourth-order valence-corrected chi connectivity index (χ4v) is 3.86. The normalized spacial score (nSPS) is 17.8. The standard InChI is InChI=1S/C23H31N5O4/c1-23(2,3)32-16-28(31)19-10-7-11-26(15-19)20-12-21(29)25(4)22(30)27(20)14-18-9-6-5-8-17(18)13-24/h5-6,8-9,12,19,28H,7,10-11,14-16H2,1-4H3/t19-/m1/s1. The number of anilines is 1. The van der Waals surface area contributed by atoms with E-state index in [4.69, 9.17) is 4.74 Å². The van der Waals surface area contributed by atoms with Crippen molar-refractivity contribution in [1.29, 1.82) is 5.26 Å². The highest BCUT2D eigenvalue weighted by Crippen LogP contribution is 2.19. The Morgan fingerprint density at radius 2 is 2.00 bits per heavy atom. The van der Waals surface area contributed by atoms with Crippen LogP contribution in [0.25, 0.3) is 0 Å². The number of rotatable bonds is 6. The molecule has 3 rings (SSSR count). The Morgan fingerprint density at radius 1 is 1.28 bits per heavy atom. The van der Waals surface area contributed by atoms with E-state index in [0.29, 0.717) is 30.0 Å². The second-order valence-corrected chi connectivity index (χ2v) is 9.19. The van der Waals surface area contributed by atoms with Crippen LogP contribution in [-0.2, 0) is 18.3 Å². The molecule has 2 heterocycles. The molecular weight excluding hydrogens is 410 g/mol. The zero-order valence-electron chi connectivity index (χ0n) is 19.1. The summed E-state index contributed by atoms with van der Waals surface area (Å²) in [5.41, 5.74) is -0.0842. The van der Waals surface area contributed by atoms with Gasteiger partial charge < -0.3 is 19.9 Å². The average molecular weight is 442 g/mol. The summed E-state index contributed by atoms with van der Waals surface area (Å²) in [5.74, 6) is 0.472. The van der Waals surface area contributed by atoms with E-state index in [9.17, 15) is 20.1 Å². The molecule has 0 saturated carbocycles. The van der Waals surface area contributed by atoms with Crippen molar-refractivity contribution in [2.75, 3.05) is 24.7 Å². The summed E-state index contributed by atoms with van der Waals surface area (Å²) < 4.78 is 8.23. The fourth-order valence-electron chi connectivity index (χ4n) is 3.86. The maximum atomic E-state index is 13.0. The zero-order valence-corrected chi connectivity index (χ0v) is 19.1. The Balaban J connectivity index is 1.92. The SMILES string of the molecule is Cn1c(=O)cc(N2CCC[C@@H]([NH+]([O-])COC(C)(C)C)C2)n(Cc2ccccc2C#N)c1=O. The second-order valence-electron chi connectivity index (χ2n) is 9.19. The Kier molecular flexibility index (Phi) is 7.19. The number of nitriles is 1. The van der Waals surface area contributed by atoms with Crippen LogP contribution in [0.15, 0.2) is 39.9 Å². The first-order valence-electron chi connectivity index (χ1n) is 10.8. The monoisotopic (exact) mass is 441 g/mol. The van der Waals surface area contributed by atoms with E-state index in [0.717, 1.165) is 17.4 Å². The first kappa shape index (κ1) is 23.7. The van der Waals surface area contributed by atoms with Crippen molar-refractivity contribution >= 4 is 5.82 Å². The molecule has 1 aromatic carbocycles. The van der Waals surface area contributed by atoms with E-state index in [1.54, 1.807) is 18.2 Å². The highest BCUT2D eigenvalue weighted by Gasteiger charge is 2.28. The highest BCUT2D eigenvalue weighted by molar-refractivity contribution is 5.42. The fraction of sp³-hybridized carbons (Fsp3) is 0.522. The molecule has 9 heteroatoms. The molecule has 0 aliphatic carbocycles. The Hall–Kier alpha value is -2.93. The lowest BCUT2D eigenvalue weighted by molar-refractivity contribution is -0.897. The Bertz CT molecular complexity index is 1110. The van der Waals surface area contributed by atoms with Crippen molar-refractivity contribution < 1.29 is 9.80 Å². The molecule has 1 aliphatic heterocycles. The van der Waals surface area contributed by atoms with E-state index >= 15 is 0 Å². The van der Waals surface area contributed by atoms with Crippen LogP contribution in [-0.4, -0.2) is 40.6 Å². The summed E-state index contributed by atoms with van der Waals surface area (Å²) in [5, 5.41) is 22.2. The number of nitrogens with zero attached hydrogens (tertiary/aromatic N) is 4. The zero-order chi connectivity index (χ0) is 23.5. The van der Waals surface area contributed by atoms with Gasteiger partial charge in [-0.1, -0.05) is 18.2 Å². The predicted molar refractivity (Wildman–Crippen MR) is 121 cm³/mol. The number of hydroxylamine groups is 2. The van der Waals surface area contributed by atoms with Crippen LogP contribution in [0.5, 0.6) is 0 Å². The lowest BCUT2D eigenvalue weighted by Crippen LogP contribution is -3.13. The van der Waals surface area contributed by atoms with Crippen LogP contribution in [0.4, 0.5) is 5.82 Å². The molecular formula is C23H31N5O4. The molecule has 1 saturated heterocycles. The van der Waals surface area contributed by atoms with E-state index in [-0.39, 0.29) is 24.4 Å². The van der Waals surface area contributed by atoms with E-state index < -0.39 is 16.9 Å². The Morgan fingerprint density at radius 3 is 2.69 bits per heavy atom. The van der Waals surface area contributed by atoms with Gasteiger partial charge in [0.2, 0.25) is 0 Å². The molecule has 1 N–H and O–H groups in total. The molecule has 0 amide bonds. The van der Waals surface area contributed by atoms with Gasteiger partial charge in [0.25, 0.3) is 5.56 Å². The van der Waals surface area contributed by atoms with Crippen molar-refractivity contribution in [2.45, 2.75) is 51.8 Å². The van der Waals surface area contributed by atoms with Crippen molar-refractivity contribution in [3.63, 3.8) is 0 Å². The van der Waals surface area contributed by atoms with Gasteiger partial charge in [0.05, 0.1) is 30.3 Å². The molecule has 172 valence electrons. The molecule has 1 aliphatic rings. The van der Waals surface area contributed by atoms with Gasteiger partial charge in [0.15, 0.2) is 6.73 Å². The number of benzene rings is 1. The quantitative estimate of drug-likeness (QED) is 0.519. The largest absolute Gasteiger partial charge is 0.632 e. The number of hydrogen-bond acceptors (Lipinski definition) is 6. The van der Waals surface area contributed by atoms with Crippen LogP contribution >= 0.6 is 0 Å². The summed E-state index contributed by atoms with van der Waals surface area (Å²) in [4.78, 5) is 27.4. The maximum Gasteiger partial charge on any atom is 0.332 e. The van der Waals surface area contributed by atoms with Gasteiger partial charge in [-0.25, -0.2) is 4.79 Å². The third kappa shape index (κ3) is 5.46. The van der Waals surface area contributed by atoms with Crippen LogP contribution in [0.2, 0.25) is 0 Å². The van der Waals surface area contributed by atoms with Crippen LogP contribution in [0.1, 0.15) is 44.7 Å². The third-order valence-corrected chi connectivity index (χ3v) is 5.69. The van der Waals surface area contributed by atoms with Crippen molar-refractivity contribution in [3.8, 4) is 6.07 Å². The van der Waals surface area contributed by atoms with Crippen LogP contribution < -0.4 is 21.2 Å². The first-order valence-corrected chi connectivity index (χ1v) is 10.8. The highest BCUT2D eigenvalue weighted by atomic mass is 16.6. The molecule has 0 bridgehead atoms. The number of ether oxygens (including phenoxy) is 1. The number of hydrogen-bond donors (Lipinski definition) is 1. The lowest BCUT2D eigenvalue weighted by Gasteiger charge is -2.40. The molecule has 1 unspecified atom stereocenters. The molecule has 2 atom stereocenters. The Labute approximate surface area is 187 Å². The van der Waals surface area contributed by atoms with Gasteiger partial charge in [-0.2, -0.15) is 5.26 Å². The van der Waals surface area contributed by atoms with Gasteiger partial charge in [-0.15, -0.1) is 0 Å². The van der Waals surface area contributed by atoms with Gasteiger partial charge >= 0.3 is 5.69 Å². The first-order chi connectivity index (χ1) is 15.1. The second kappa shape index (κ2) is 9.69. The summed E-state index contributed by atoms with van der Waals surface area (Å²) in [6.45, 7) is 6.98. The minimum atomic E-state index is -0.454. The van der Waals surface area contributed by atoms with Gasteiger partial charge in [0.1, 0.15) is 11.9 Å². The van der Waals surface area contributed by atoms with Gasteiger partial charge in [0, 0.05) is 26.1 Å². The molecule has 1 aromatic heterocycles. The predicted octanol–water partition coefficient (Wildman–Crippen LogP) is 0.591. The van der Waals surface area contributed by atoms with E-state index in [2.05, 4.69) is 6.07 Å². The van der Waals surface area contributed by atoms with Crippen LogP contribution in [0.3, 0.4) is 0 Å². The molecule has 32 heavy (non-hydrogen) atoms. The van der Waals surface area contributed by atoms with E-state index in [1.165, 1.54) is 17.7 Å². The molecule has 2 aromatic rings. The van der Waals surface area contributed by atoms with Gasteiger partial charge in [-0.3, -0.25) is 13.9 Å². The summed E-state index contributed by atoms with van der Waals surface area (Å²) in [7, 11) is 1.44. The summed E-state index contributed by atoms with van der Waals surface area (Å²) in [6, 6.07) is 10.4. The molecule has 0 radical (unpaired) electrons. The lowest BCUT2D eigenvalue weighted by atomic mass is 10.1.